The Morgan fingerprint density at radius 1 is 1.26 bits per heavy atom. The molecule has 0 aromatic heterocycles. The van der Waals surface area contributed by atoms with Crippen LogP contribution in [0.15, 0.2) is 18.2 Å². The van der Waals surface area contributed by atoms with E-state index < -0.39 is 11.6 Å². The molecule has 108 valence electrons. The van der Waals surface area contributed by atoms with Crippen LogP contribution in [0.4, 0.5) is 8.78 Å². The van der Waals surface area contributed by atoms with E-state index in [-0.39, 0.29) is 11.6 Å². The summed E-state index contributed by atoms with van der Waals surface area (Å²) >= 11 is 0. The smallest absolute Gasteiger partial charge is 0.129 e. The fourth-order valence-electron chi connectivity index (χ4n) is 2.63. The first-order valence-corrected chi connectivity index (χ1v) is 6.69. The third-order valence-corrected chi connectivity index (χ3v) is 4.03. The molecule has 0 heterocycles. The number of hydrogen-bond acceptors (Lipinski definition) is 2. The first kappa shape index (κ1) is 16.1. The van der Waals surface area contributed by atoms with E-state index in [9.17, 15) is 8.78 Å². The molecule has 0 aliphatic heterocycles. The number of nitrogens with one attached hydrogen (secondary N) is 1. The monoisotopic (exact) mass is 271 g/mol. The first-order valence-electron chi connectivity index (χ1n) is 6.69. The van der Waals surface area contributed by atoms with E-state index in [0.717, 1.165) is 18.9 Å². The molecule has 0 spiro atoms. The molecule has 2 nitrogen and oxygen atoms in total. The van der Waals surface area contributed by atoms with Gasteiger partial charge in [-0.1, -0.05) is 19.9 Å². The summed E-state index contributed by atoms with van der Waals surface area (Å²) in [4.78, 5) is 0. The second kappa shape index (κ2) is 6.96. The second-order valence-electron chi connectivity index (χ2n) is 4.76. The van der Waals surface area contributed by atoms with Crippen LogP contribution in [0, 0.1) is 11.6 Å². The van der Waals surface area contributed by atoms with Gasteiger partial charge in [-0.15, -0.1) is 0 Å². The molecule has 0 aliphatic rings. The van der Waals surface area contributed by atoms with Crippen molar-refractivity contribution < 1.29 is 13.5 Å². The van der Waals surface area contributed by atoms with Crippen LogP contribution in [0.3, 0.4) is 0 Å². The van der Waals surface area contributed by atoms with Gasteiger partial charge in [-0.2, -0.15) is 0 Å². The Balaban J connectivity index is 2.98. The molecule has 0 saturated carbocycles. The number of likely N-dealkylation sites (N-methyl/N-ethyl adjacent to an activating group) is 1. The summed E-state index contributed by atoms with van der Waals surface area (Å²) in [6.45, 7) is 4.11. The van der Waals surface area contributed by atoms with Gasteiger partial charge in [-0.05, 0) is 37.9 Å². The first-order chi connectivity index (χ1) is 9.02. The maximum atomic E-state index is 13.7. The zero-order chi connectivity index (χ0) is 14.5. The topological polar surface area (TPSA) is 21.3 Å². The van der Waals surface area contributed by atoms with Crippen LogP contribution < -0.4 is 5.32 Å². The molecule has 0 aliphatic carbocycles. The van der Waals surface area contributed by atoms with Gasteiger partial charge in [0.15, 0.2) is 0 Å². The number of methoxy groups -OCH3 is 1. The van der Waals surface area contributed by atoms with Crippen LogP contribution in [-0.2, 0) is 11.2 Å². The molecule has 1 aromatic rings. The summed E-state index contributed by atoms with van der Waals surface area (Å²) < 4.78 is 32.3. The third kappa shape index (κ3) is 3.51. The van der Waals surface area contributed by atoms with Crippen molar-refractivity contribution in [1.82, 2.24) is 5.32 Å². The van der Waals surface area contributed by atoms with E-state index in [2.05, 4.69) is 19.2 Å². The zero-order valence-electron chi connectivity index (χ0n) is 12.1. The van der Waals surface area contributed by atoms with Crippen LogP contribution in [0.25, 0.3) is 0 Å². The van der Waals surface area contributed by atoms with Crippen molar-refractivity contribution in [1.29, 1.82) is 0 Å². The van der Waals surface area contributed by atoms with Crippen molar-refractivity contribution in [3.63, 3.8) is 0 Å². The zero-order valence-corrected chi connectivity index (χ0v) is 12.1. The van der Waals surface area contributed by atoms with E-state index in [1.165, 1.54) is 12.1 Å². The summed E-state index contributed by atoms with van der Waals surface area (Å²) in [7, 11) is 3.52. The minimum Gasteiger partial charge on any atom is -0.377 e. The van der Waals surface area contributed by atoms with E-state index in [1.54, 1.807) is 7.11 Å². The SMILES string of the molecule is CCC(CC)(OC)C(Cc1ccc(F)cc1F)NC. The molecule has 1 N–H and O–H groups in total. The molecule has 19 heavy (non-hydrogen) atoms. The normalized spacial score (nSPS) is 13.6. The maximum Gasteiger partial charge on any atom is 0.129 e. The van der Waals surface area contributed by atoms with Gasteiger partial charge in [0.1, 0.15) is 11.6 Å². The summed E-state index contributed by atoms with van der Waals surface area (Å²) in [5.41, 5.74) is 0.166. The summed E-state index contributed by atoms with van der Waals surface area (Å²) in [6, 6.07) is 3.69. The summed E-state index contributed by atoms with van der Waals surface area (Å²) in [6.07, 6.45) is 2.13. The highest BCUT2D eigenvalue weighted by atomic mass is 19.1. The van der Waals surface area contributed by atoms with Gasteiger partial charge in [0.25, 0.3) is 0 Å². The number of hydrogen-bond donors (Lipinski definition) is 1. The van der Waals surface area contributed by atoms with Crippen LogP contribution >= 0.6 is 0 Å². The van der Waals surface area contributed by atoms with Gasteiger partial charge in [-0.3, -0.25) is 0 Å². The Morgan fingerprint density at radius 3 is 2.32 bits per heavy atom. The highest BCUT2D eigenvalue weighted by Crippen LogP contribution is 2.27. The van der Waals surface area contributed by atoms with Gasteiger partial charge in [0, 0.05) is 19.2 Å². The summed E-state index contributed by atoms with van der Waals surface area (Å²) in [5.74, 6) is -1.05. The Hall–Kier alpha value is -1.00. The minimum absolute atomic E-state index is 0.0209. The molecule has 4 heteroatoms. The van der Waals surface area contributed by atoms with E-state index in [1.807, 2.05) is 7.05 Å². The lowest BCUT2D eigenvalue weighted by Crippen LogP contribution is -2.51. The quantitative estimate of drug-likeness (QED) is 0.821. The number of benzene rings is 1. The molecule has 1 atom stereocenters. The van der Waals surface area contributed by atoms with Gasteiger partial charge in [0.2, 0.25) is 0 Å². The van der Waals surface area contributed by atoms with E-state index >= 15 is 0 Å². The van der Waals surface area contributed by atoms with Gasteiger partial charge in [-0.25, -0.2) is 8.78 Å². The highest BCUT2D eigenvalue weighted by molar-refractivity contribution is 5.20. The molecule has 0 saturated heterocycles. The molecule has 1 rings (SSSR count). The fourth-order valence-corrected chi connectivity index (χ4v) is 2.63. The van der Waals surface area contributed by atoms with Crippen LogP contribution in [-0.4, -0.2) is 25.8 Å². The average Bonchev–Trinajstić information content (AvgIpc) is 2.42. The Bertz CT molecular complexity index is 397. The Morgan fingerprint density at radius 2 is 1.89 bits per heavy atom. The predicted molar refractivity (Wildman–Crippen MR) is 73.2 cm³/mol. The lowest BCUT2D eigenvalue weighted by Gasteiger charge is -2.38. The lowest BCUT2D eigenvalue weighted by atomic mass is 9.84. The second-order valence-corrected chi connectivity index (χ2v) is 4.76. The van der Waals surface area contributed by atoms with Crippen LogP contribution in [0.2, 0.25) is 0 Å². The maximum absolute atomic E-state index is 13.7. The molecular weight excluding hydrogens is 248 g/mol. The minimum atomic E-state index is -0.550. The van der Waals surface area contributed by atoms with Crippen molar-refractivity contribution in [2.45, 2.75) is 44.8 Å². The molecule has 1 unspecified atom stereocenters. The molecule has 1 aromatic carbocycles. The van der Waals surface area contributed by atoms with Gasteiger partial charge in [0.05, 0.1) is 5.60 Å². The molecule has 0 bridgehead atoms. The van der Waals surface area contributed by atoms with E-state index in [4.69, 9.17) is 4.74 Å². The van der Waals surface area contributed by atoms with Crippen molar-refractivity contribution in [3.8, 4) is 0 Å². The molecular formula is C15H23F2NO. The number of rotatable bonds is 7. The van der Waals surface area contributed by atoms with Gasteiger partial charge < -0.3 is 10.1 Å². The molecule has 0 fully saturated rings. The summed E-state index contributed by atoms with van der Waals surface area (Å²) in [5, 5.41) is 3.20. The number of halogens is 2. The standard InChI is InChI=1S/C15H23F2NO/c1-5-15(6-2,19-4)14(18-3)9-11-7-8-12(16)10-13(11)17/h7-8,10,14,18H,5-6,9H2,1-4H3. The van der Waals surface area contributed by atoms with Crippen molar-refractivity contribution in [2.24, 2.45) is 0 Å². The lowest BCUT2D eigenvalue weighted by molar-refractivity contribution is -0.0456. The van der Waals surface area contributed by atoms with Crippen molar-refractivity contribution in [3.05, 3.63) is 35.4 Å². The van der Waals surface area contributed by atoms with Gasteiger partial charge >= 0.3 is 0 Å². The molecule has 0 radical (unpaired) electrons. The van der Waals surface area contributed by atoms with Crippen molar-refractivity contribution >= 4 is 0 Å². The van der Waals surface area contributed by atoms with Crippen molar-refractivity contribution in [2.75, 3.05) is 14.2 Å². The van der Waals surface area contributed by atoms with Crippen LogP contribution in [0.5, 0.6) is 0 Å². The number of ether oxygens (including phenoxy) is 1. The van der Waals surface area contributed by atoms with E-state index in [0.29, 0.717) is 12.0 Å². The Labute approximate surface area is 114 Å². The highest BCUT2D eigenvalue weighted by Gasteiger charge is 2.35. The van der Waals surface area contributed by atoms with Crippen LogP contribution in [0.1, 0.15) is 32.3 Å². The fraction of sp³-hybridized carbons (Fsp3) is 0.600. The third-order valence-electron chi connectivity index (χ3n) is 4.03. The molecule has 0 amide bonds. The average molecular weight is 271 g/mol. The predicted octanol–water partition coefficient (Wildman–Crippen LogP) is 3.30. The largest absolute Gasteiger partial charge is 0.377 e. The Kier molecular flexibility index (Phi) is 5.88.